The summed E-state index contributed by atoms with van der Waals surface area (Å²) in [5, 5.41) is 0. The van der Waals surface area contributed by atoms with Gasteiger partial charge in [0.1, 0.15) is 0 Å². The van der Waals surface area contributed by atoms with E-state index in [0.29, 0.717) is 11.3 Å². The second-order valence-corrected chi connectivity index (χ2v) is 4.63. The zero-order valence-corrected chi connectivity index (χ0v) is 8.74. The maximum atomic E-state index is 5.83. The number of rotatable bonds is 3. The van der Waals surface area contributed by atoms with Crippen molar-refractivity contribution in [2.75, 3.05) is 45.9 Å². The molecule has 2 rings (SSSR count). The molecule has 2 heterocycles. The van der Waals surface area contributed by atoms with E-state index < -0.39 is 0 Å². The van der Waals surface area contributed by atoms with E-state index in [2.05, 4.69) is 4.90 Å². The first kappa shape index (κ1) is 10.4. The van der Waals surface area contributed by atoms with Gasteiger partial charge in [-0.05, 0) is 25.4 Å². The van der Waals surface area contributed by atoms with Gasteiger partial charge in [0.05, 0.1) is 13.2 Å². The van der Waals surface area contributed by atoms with Crippen LogP contribution >= 0.6 is 0 Å². The largest absolute Gasteiger partial charge is 0.380 e. The van der Waals surface area contributed by atoms with Crippen molar-refractivity contribution in [3.8, 4) is 0 Å². The second kappa shape index (κ2) is 4.14. The van der Waals surface area contributed by atoms with E-state index in [9.17, 15) is 0 Å². The Labute approximate surface area is 85.6 Å². The third-order valence-corrected chi connectivity index (χ3v) is 3.78. The molecule has 1 atom stereocenters. The van der Waals surface area contributed by atoms with Gasteiger partial charge in [0.2, 0.25) is 0 Å². The van der Waals surface area contributed by atoms with E-state index >= 15 is 0 Å². The van der Waals surface area contributed by atoms with Crippen LogP contribution in [0.1, 0.15) is 6.42 Å². The normalized spacial score (nSPS) is 31.7. The Morgan fingerprint density at radius 2 is 2.14 bits per heavy atom. The summed E-state index contributed by atoms with van der Waals surface area (Å²) in [6.45, 7) is 6.66. The second-order valence-electron chi connectivity index (χ2n) is 4.63. The Kier molecular flexibility index (Phi) is 3.07. The Morgan fingerprint density at radius 3 is 2.64 bits per heavy atom. The summed E-state index contributed by atoms with van der Waals surface area (Å²) in [6, 6.07) is 0. The molecule has 0 radical (unpaired) electrons. The van der Waals surface area contributed by atoms with Gasteiger partial charge in [-0.15, -0.1) is 0 Å². The topological polar surface area (TPSA) is 64.5 Å². The summed E-state index contributed by atoms with van der Waals surface area (Å²) in [6.07, 6.45) is 1.23. The van der Waals surface area contributed by atoms with Gasteiger partial charge in [-0.25, -0.2) is 0 Å². The van der Waals surface area contributed by atoms with Crippen LogP contribution in [-0.4, -0.2) is 50.8 Å². The third kappa shape index (κ3) is 1.67. The Bertz CT molecular complexity index is 194. The standard InChI is InChI=1S/C10H21N3O/c11-2-4-13-3-1-10(7-14-8-10)9(5-12)6-13/h9H,1-8,11-12H2. The number of nitrogens with two attached hydrogens (primary N) is 2. The number of likely N-dealkylation sites (tertiary alicyclic amines) is 1. The predicted octanol–water partition coefficient (Wildman–Crippen LogP) is -0.758. The van der Waals surface area contributed by atoms with Gasteiger partial charge in [0.15, 0.2) is 0 Å². The maximum Gasteiger partial charge on any atom is 0.0548 e. The lowest BCUT2D eigenvalue weighted by molar-refractivity contribution is -0.169. The van der Waals surface area contributed by atoms with Crippen LogP contribution in [0.5, 0.6) is 0 Å². The van der Waals surface area contributed by atoms with E-state index in [4.69, 9.17) is 16.2 Å². The minimum absolute atomic E-state index is 0.417. The molecular weight excluding hydrogens is 178 g/mol. The van der Waals surface area contributed by atoms with Gasteiger partial charge in [0, 0.05) is 25.0 Å². The highest BCUT2D eigenvalue weighted by Crippen LogP contribution is 2.42. The van der Waals surface area contributed by atoms with Crippen LogP contribution in [0, 0.1) is 11.3 Å². The maximum absolute atomic E-state index is 5.83. The fraction of sp³-hybridized carbons (Fsp3) is 1.00. The van der Waals surface area contributed by atoms with Crippen molar-refractivity contribution in [2.45, 2.75) is 6.42 Å². The van der Waals surface area contributed by atoms with Crippen molar-refractivity contribution >= 4 is 0 Å². The Balaban J connectivity index is 1.93. The van der Waals surface area contributed by atoms with Crippen molar-refractivity contribution in [3.63, 3.8) is 0 Å². The fourth-order valence-electron chi connectivity index (χ4n) is 2.64. The zero-order valence-electron chi connectivity index (χ0n) is 8.74. The van der Waals surface area contributed by atoms with Crippen molar-refractivity contribution in [1.29, 1.82) is 0 Å². The monoisotopic (exact) mass is 199 g/mol. The molecule has 0 aromatic carbocycles. The Hall–Kier alpha value is -0.160. The van der Waals surface area contributed by atoms with Crippen LogP contribution in [0.3, 0.4) is 0 Å². The molecule has 0 bridgehead atoms. The lowest BCUT2D eigenvalue weighted by atomic mass is 9.68. The lowest BCUT2D eigenvalue weighted by Gasteiger charge is -2.52. The van der Waals surface area contributed by atoms with E-state index in [1.807, 2.05) is 0 Å². The van der Waals surface area contributed by atoms with Crippen LogP contribution in [0.25, 0.3) is 0 Å². The zero-order chi connectivity index (χ0) is 10.0. The van der Waals surface area contributed by atoms with Crippen molar-refractivity contribution < 1.29 is 4.74 Å². The van der Waals surface area contributed by atoms with E-state index in [-0.39, 0.29) is 0 Å². The average Bonchev–Trinajstić information content (AvgIpc) is 2.16. The van der Waals surface area contributed by atoms with Crippen LogP contribution < -0.4 is 11.5 Å². The van der Waals surface area contributed by atoms with Gasteiger partial charge >= 0.3 is 0 Å². The summed E-state index contributed by atoms with van der Waals surface area (Å²) >= 11 is 0. The smallest absolute Gasteiger partial charge is 0.0548 e. The highest BCUT2D eigenvalue weighted by Gasteiger charge is 2.47. The quantitative estimate of drug-likeness (QED) is 0.627. The Morgan fingerprint density at radius 1 is 1.36 bits per heavy atom. The molecule has 1 unspecified atom stereocenters. The number of nitrogens with zero attached hydrogens (tertiary/aromatic N) is 1. The molecular formula is C10H21N3O. The number of piperidine rings is 1. The molecule has 2 aliphatic heterocycles. The molecule has 4 N–H and O–H groups in total. The molecule has 2 aliphatic rings. The molecule has 0 aliphatic carbocycles. The van der Waals surface area contributed by atoms with Crippen LogP contribution in [-0.2, 0) is 4.74 Å². The molecule has 0 amide bonds. The highest BCUT2D eigenvalue weighted by molar-refractivity contribution is 4.97. The van der Waals surface area contributed by atoms with E-state index in [1.165, 1.54) is 6.42 Å². The van der Waals surface area contributed by atoms with Crippen LogP contribution in [0.2, 0.25) is 0 Å². The summed E-state index contributed by atoms with van der Waals surface area (Å²) in [7, 11) is 0. The summed E-state index contributed by atoms with van der Waals surface area (Å²) < 4.78 is 5.34. The molecule has 0 saturated carbocycles. The summed E-state index contributed by atoms with van der Waals surface area (Å²) in [5.41, 5.74) is 11.8. The summed E-state index contributed by atoms with van der Waals surface area (Å²) in [5.74, 6) is 0.608. The van der Waals surface area contributed by atoms with E-state index in [0.717, 1.165) is 45.9 Å². The number of ether oxygens (including phenoxy) is 1. The molecule has 0 aromatic rings. The SMILES string of the molecule is NCCN1CCC2(COC2)C(CN)C1. The first-order valence-corrected chi connectivity index (χ1v) is 5.51. The van der Waals surface area contributed by atoms with Crippen molar-refractivity contribution in [2.24, 2.45) is 22.8 Å². The van der Waals surface area contributed by atoms with E-state index in [1.54, 1.807) is 0 Å². The summed E-state index contributed by atoms with van der Waals surface area (Å²) in [4.78, 5) is 2.43. The first-order valence-electron chi connectivity index (χ1n) is 5.51. The molecule has 2 fully saturated rings. The molecule has 0 aromatic heterocycles. The minimum atomic E-state index is 0.417. The average molecular weight is 199 g/mol. The van der Waals surface area contributed by atoms with Crippen LogP contribution in [0.15, 0.2) is 0 Å². The molecule has 14 heavy (non-hydrogen) atoms. The van der Waals surface area contributed by atoms with Gasteiger partial charge in [0.25, 0.3) is 0 Å². The molecule has 2 saturated heterocycles. The van der Waals surface area contributed by atoms with Crippen molar-refractivity contribution in [1.82, 2.24) is 4.90 Å². The minimum Gasteiger partial charge on any atom is -0.380 e. The lowest BCUT2D eigenvalue weighted by Crippen LogP contribution is -2.59. The molecule has 82 valence electrons. The number of hydrogen-bond acceptors (Lipinski definition) is 4. The fourth-order valence-corrected chi connectivity index (χ4v) is 2.64. The van der Waals surface area contributed by atoms with Gasteiger partial charge < -0.3 is 21.1 Å². The molecule has 4 heteroatoms. The molecule has 4 nitrogen and oxygen atoms in total. The van der Waals surface area contributed by atoms with Gasteiger partial charge in [-0.3, -0.25) is 0 Å². The highest BCUT2D eigenvalue weighted by atomic mass is 16.5. The molecule has 1 spiro atoms. The van der Waals surface area contributed by atoms with Crippen molar-refractivity contribution in [3.05, 3.63) is 0 Å². The van der Waals surface area contributed by atoms with Gasteiger partial charge in [-0.2, -0.15) is 0 Å². The predicted molar refractivity (Wildman–Crippen MR) is 55.9 cm³/mol. The first-order chi connectivity index (χ1) is 6.80. The number of hydrogen-bond donors (Lipinski definition) is 2. The van der Waals surface area contributed by atoms with Gasteiger partial charge in [-0.1, -0.05) is 0 Å². The third-order valence-electron chi connectivity index (χ3n) is 3.78. The van der Waals surface area contributed by atoms with Crippen LogP contribution in [0.4, 0.5) is 0 Å².